The lowest BCUT2D eigenvalue weighted by molar-refractivity contribution is -0.384. The summed E-state index contributed by atoms with van der Waals surface area (Å²) >= 11 is 0. The van der Waals surface area contributed by atoms with Crippen molar-refractivity contribution in [1.29, 1.82) is 0 Å². The van der Waals surface area contributed by atoms with E-state index in [0.29, 0.717) is 5.69 Å². The van der Waals surface area contributed by atoms with Crippen molar-refractivity contribution >= 4 is 17.3 Å². The molecular formula is C11H10N4O3. The zero-order valence-corrected chi connectivity index (χ0v) is 9.53. The van der Waals surface area contributed by atoms with Crippen LogP contribution in [-0.2, 0) is 7.05 Å². The summed E-state index contributed by atoms with van der Waals surface area (Å²) in [6.07, 6.45) is 1.66. The Morgan fingerprint density at radius 1 is 1.33 bits per heavy atom. The number of nitrogens with zero attached hydrogens (tertiary/aromatic N) is 3. The molecule has 0 unspecified atom stereocenters. The second kappa shape index (κ2) is 4.66. The molecule has 0 saturated carbocycles. The average molecular weight is 246 g/mol. The van der Waals surface area contributed by atoms with Crippen LogP contribution in [0.15, 0.2) is 36.5 Å². The van der Waals surface area contributed by atoms with E-state index in [9.17, 15) is 14.9 Å². The van der Waals surface area contributed by atoms with E-state index in [4.69, 9.17) is 0 Å². The Morgan fingerprint density at radius 3 is 2.50 bits per heavy atom. The van der Waals surface area contributed by atoms with Crippen LogP contribution in [0.2, 0.25) is 0 Å². The topological polar surface area (TPSA) is 90.1 Å². The SMILES string of the molecule is Cn1ccc(C(=O)Nc2ccc([N+](=O)[O-])cc2)n1. The zero-order chi connectivity index (χ0) is 13.1. The average Bonchev–Trinajstić information content (AvgIpc) is 2.76. The van der Waals surface area contributed by atoms with Gasteiger partial charge in [-0.25, -0.2) is 0 Å². The summed E-state index contributed by atoms with van der Waals surface area (Å²) in [4.78, 5) is 21.7. The fourth-order valence-corrected chi connectivity index (χ4v) is 1.40. The highest BCUT2D eigenvalue weighted by atomic mass is 16.6. The molecule has 0 bridgehead atoms. The number of carbonyl (C=O) groups is 1. The first kappa shape index (κ1) is 11.8. The first-order valence-corrected chi connectivity index (χ1v) is 5.12. The maximum atomic E-state index is 11.7. The van der Waals surface area contributed by atoms with E-state index < -0.39 is 4.92 Å². The number of hydrogen-bond acceptors (Lipinski definition) is 4. The largest absolute Gasteiger partial charge is 0.321 e. The van der Waals surface area contributed by atoms with Crippen molar-refractivity contribution in [3.63, 3.8) is 0 Å². The molecule has 1 aromatic heterocycles. The molecule has 2 aromatic rings. The maximum Gasteiger partial charge on any atom is 0.276 e. The van der Waals surface area contributed by atoms with Gasteiger partial charge >= 0.3 is 0 Å². The van der Waals surface area contributed by atoms with E-state index in [0.717, 1.165) is 0 Å². The summed E-state index contributed by atoms with van der Waals surface area (Å²) in [5.41, 5.74) is 0.748. The highest BCUT2D eigenvalue weighted by Gasteiger charge is 2.10. The smallest absolute Gasteiger partial charge is 0.276 e. The number of aromatic nitrogens is 2. The standard InChI is InChI=1S/C11H10N4O3/c1-14-7-6-10(13-14)11(16)12-8-2-4-9(5-3-8)15(17)18/h2-7H,1H3,(H,12,16). The van der Waals surface area contributed by atoms with Gasteiger partial charge in [-0.2, -0.15) is 5.10 Å². The Balaban J connectivity index is 2.10. The van der Waals surface area contributed by atoms with Crippen LogP contribution in [0.4, 0.5) is 11.4 Å². The third kappa shape index (κ3) is 2.51. The third-order valence-corrected chi connectivity index (χ3v) is 2.28. The molecule has 0 radical (unpaired) electrons. The highest BCUT2D eigenvalue weighted by Crippen LogP contribution is 2.15. The molecule has 92 valence electrons. The van der Waals surface area contributed by atoms with Crippen LogP contribution in [0, 0.1) is 10.1 Å². The van der Waals surface area contributed by atoms with Gasteiger partial charge in [0.05, 0.1) is 4.92 Å². The molecule has 1 aromatic carbocycles. The first-order valence-electron chi connectivity index (χ1n) is 5.12. The minimum Gasteiger partial charge on any atom is -0.321 e. The van der Waals surface area contributed by atoms with E-state index in [1.165, 1.54) is 28.9 Å². The Bertz CT molecular complexity index is 589. The number of rotatable bonds is 3. The highest BCUT2D eigenvalue weighted by molar-refractivity contribution is 6.02. The van der Waals surface area contributed by atoms with Crippen LogP contribution in [0.1, 0.15) is 10.5 Å². The molecule has 0 aliphatic rings. The fourth-order valence-electron chi connectivity index (χ4n) is 1.40. The predicted molar refractivity (Wildman–Crippen MR) is 64.3 cm³/mol. The lowest BCUT2D eigenvalue weighted by atomic mass is 10.3. The van der Waals surface area contributed by atoms with Crippen LogP contribution in [-0.4, -0.2) is 20.6 Å². The lowest BCUT2D eigenvalue weighted by Crippen LogP contribution is -2.12. The van der Waals surface area contributed by atoms with E-state index >= 15 is 0 Å². The number of aryl methyl sites for hydroxylation is 1. The molecule has 0 fully saturated rings. The molecule has 0 saturated heterocycles. The van der Waals surface area contributed by atoms with Crippen molar-refractivity contribution in [3.05, 3.63) is 52.3 Å². The zero-order valence-electron chi connectivity index (χ0n) is 9.53. The number of nitro groups is 1. The van der Waals surface area contributed by atoms with Gasteiger partial charge in [0.1, 0.15) is 0 Å². The Kier molecular flexibility index (Phi) is 3.05. The molecule has 0 spiro atoms. The van der Waals surface area contributed by atoms with E-state index in [-0.39, 0.29) is 17.3 Å². The Hall–Kier alpha value is -2.70. The molecule has 7 heteroatoms. The quantitative estimate of drug-likeness (QED) is 0.657. The van der Waals surface area contributed by atoms with Gasteiger partial charge in [0, 0.05) is 31.1 Å². The molecule has 0 atom stereocenters. The van der Waals surface area contributed by atoms with Crippen LogP contribution in [0.25, 0.3) is 0 Å². The van der Waals surface area contributed by atoms with Gasteiger partial charge in [-0.15, -0.1) is 0 Å². The van der Waals surface area contributed by atoms with Crippen molar-refractivity contribution in [2.45, 2.75) is 0 Å². The van der Waals surface area contributed by atoms with Crippen molar-refractivity contribution in [1.82, 2.24) is 9.78 Å². The molecule has 18 heavy (non-hydrogen) atoms. The molecule has 1 amide bonds. The molecule has 2 rings (SSSR count). The summed E-state index contributed by atoms with van der Waals surface area (Å²) in [5, 5.41) is 17.0. The fraction of sp³-hybridized carbons (Fsp3) is 0.0909. The number of nitrogens with one attached hydrogen (secondary N) is 1. The summed E-state index contributed by atoms with van der Waals surface area (Å²) in [6, 6.07) is 7.18. The number of hydrogen-bond donors (Lipinski definition) is 1. The van der Waals surface area contributed by atoms with Gasteiger partial charge < -0.3 is 5.32 Å². The summed E-state index contributed by atoms with van der Waals surface area (Å²) in [7, 11) is 1.71. The van der Waals surface area contributed by atoms with Crippen LogP contribution in [0.5, 0.6) is 0 Å². The molecule has 7 nitrogen and oxygen atoms in total. The van der Waals surface area contributed by atoms with E-state index in [1.54, 1.807) is 19.3 Å². The molecule has 1 N–H and O–H groups in total. The number of benzene rings is 1. The second-order valence-electron chi connectivity index (χ2n) is 3.63. The second-order valence-corrected chi connectivity index (χ2v) is 3.63. The number of non-ortho nitro benzene ring substituents is 1. The number of carbonyl (C=O) groups excluding carboxylic acids is 1. The number of nitro benzene ring substituents is 1. The molecule has 1 heterocycles. The van der Waals surface area contributed by atoms with Crippen molar-refractivity contribution in [2.75, 3.05) is 5.32 Å². The molecule has 0 aliphatic heterocycles. The van der Waals surface area contributed by atoms with E-state index in [1.807, 2.05) is 0 Å². The summed E-state index contributed by atoms with van der Waals surface area (Å²) < 4.78 is 1.52. The van der Waals surface area contributed by atoms with Gasteiger partial charge in [-0.1, -0.05) is 0 Å². The van der Waals surface area contributed by atoms with Crippen molar-refractivity contribution in [2.24, 2.45) is 7.05 Å². The minimum atomic E-state index is -0.496. The van der Waals surface area contributed by atoms with Gasteiger partial charge in [-0.05, 0) is 18.2 Å². The van der Waals surface area contributed by atoms with Crippen LogP contribution >= 0.6 is 0 Å². The van der Waals surface area contributed by atoms with Gasteiger partial charge in [0.15, 0.2) is 5.69 Å². The third-order valence-electron chi connectivity index (χ3n) is 2.28. The first-order chi connectivity index (χ1) is 8.56. The Labute approximate surface area is 102 Å². The van der Waals surface area contributed by atoms with Crippen LogP contribution < -0.4 is 5.32 Å². The number of anilines is 1. The van der Waals surface area contributed by atoms with E-state index in [2.05, 4.69) is 10.4 Å². The van der Waals surface area contributed by atoms with Gasteiger partial charge in [0.25, 0.3) is 11.6 Å². The van der Waals surface area contributed by atoms with Crippen molar-refractivity contribution in [3.8, 4) is 0 Å². The Morgan fingerprint density at radius 2 is 2.00 bits per heavy atom. The van der Waals surface area contributed by atoms with Gasteiger partial charge in [0.2, 0.25) is 0 Å². The maximum absolute atomic E-state index is 11.7. The number of amides is 1. The molecular weight excluding hydrogens is 236 g/mol. The van der Waals surface area contributed by atoms with Crippen molar-refractivity contribution < 1.29 is 9.72 Å². The summed E-state index contributed by atoms with van der Waals surface area (Å²) in [6.45, 7) is 0. The summed E-state index contributed by atoms with van der Waals surface area (Å²) in [5.74, 6) is -0.357. The predicted octanol–water partition coefficient (Wildman–Crippen LogP) is 1.58. The van der Waals surface area contributed by atoms with Gasteiger partial charge in [-0.3, -0.25) is 19.6 Å². The monoisotopic (exact) mass is 246 g/mol. The minimum absolute atomic E-state index is 0.0224. The lowest BCUT2D eigenvalue weighted by Gasteiger charge is -2.02. The molecule has 0 aliphatic carbocycles. The normalized spacial score (nSPS) is 10.1. The van der Waals surface area contributed by atoms with Crippen LogP contribution in [0.3, 0.4) is 0 Å².